The molecule has 1 saturated heterocycles. The van der Waals surface area contributed by atoms with Crippen molar-refractivity contribution in [1.82, 2.24) is 0 Å². The van der Waals surface area contributed by atoms with Gasteiger partial charge in [0.05, 0.1) is 12.2 Å². The van der Waals surface area contributed by atoms with E-state index in [1.165, 1.54) is 0 Å². The molecule has 0 amide bonds. The highest BCUT2D eigenvalue weighted by molar-refractivity contribution is 4.72. The highest BCUT2D eigenvalue weighted by Crippen LogP contribution is 2.16. The molecule has 3 heteroatoms. The van der Waals surface area contributed by atoms with Gasteiger partial charge in [-0.2, -0.15) is 0 Å². The molecule has 2 N–H and O–H groups in total. The zero-order valence-corrected chi connectivity index (χ0v) is 5.99. The van der Waals surface area contributed by atoms with Crippen molar-refractivity contribution in [3.8, 4) is 0 Å². The Morgan fingerprint density at radius 3 is 2.90 bits per heavy atom. The molecule has 0 bridgehead atoms. The fourth-order valence-electron chi connectivity index (χ4n) is 1.22. The van der Waals surface area contributed by atoms with Gasteiger partial charge in [-0.05, 0) is 19.3 Å². The van der Waals surface area contributed by atoms with Crippen LogP contribution in [-0.4, -0.2) is 35.6 Å². The van der Waals surface area contributed by atoms with Crippen LogP contribution in [0.15, 0.2) is 0 Å². The van der Waals surface area contributed by atoms with Crippen LogP contribution in [0.25, 0.3) is 0 Å². The van der Waals surface area contributed by atoms with Crippen LogP contribution in [0.3, 0.4) is 0 Å². The molecule has 0 unspecified atom stereocenters. The predicted octanol–water partition coefficient (Wildman–Crippen LogP) is -0.0913. The monoisotopic (exact) mass is 146 g/mol. The van der Waals surface area contributed by atoms with Gasteiger partial charge in [0.25, 0.3) is 0 Å². The Hall–Kier alpha value is -0.120. The second kappa shape index (κ2) is 3.91. The van der Waals surface area contributed by atoms with Crippen LogP contribution in [0.1, 0.15) is 19.3 Å². The molecule has 0 aromatic carbocycles. The molecular weight excluding hydrogens is 132 g/mol. The maximum Gasteiger partial charge on any atom is 0.0835 e. The van der Waals surface area contributed by atoms with Gasteiger partial charge >= 0.3 is 0 Å². The Kier molecular flexibility index (Phi) is 3.12. The van der Waals surface area contributed by atoms with E-state index in [0.29, 0.717) is 6.42 Å². The molecule has 2 atom stereocenters. The summed E-state index contributed by atoms with van der Waals surface area (Å²) in [5.41, 5.74) is 0. The third-order valence-corrected chi connectivity index (χ3v) is 1.82. The van der Waals surface area contributed by atoms with Crippen LogP contribution in [0.4, 0.5) is 0 Å². The summed E-state index contributed by atoms with van der Waals surface area (Å²) in [6.45, 7) is 0.800. The minimum absolute atomic E-state index is 0.0212. The Labute approximate surface area is 60.6 Å². The van der Waals surface area contributed by atoms with Gasteiger partial charge in [0.2, 0.25) is 0 Å². The Balaban J connectivity index is 2.18. The summed E-state index contributed by atoms with van der Waals surface area (Å²) in [4.78, 5) is 0. The van der Waals surface area contributed by atoms with E-state index in [2.05, 4.69) is 0 Å². The van der Waals surface area contributed by atoms with E-state index < -0.39 is 6.10 Å². The Morgan fingerprint density at radius 1 is 1.60 bits per heavy atom. The number of ether oxygens (including phenoxy) is 1. The van der Waals surface area contributed by atoms with Crippen molar-refractivity contribution in [2.45, 2.75) is 31.5 Å². The van der Waals surface area contributed by atoms with E-state index in [-0.39, 0.29) is 12.7 Å². The third-order valence-electron chi connectivity index (χ3n) is 1.82. The number of aliphatic hydroxyl groups excluding tert-OH is 2. The largest absolute Gasteiger partial charge is 0.396 e. The quantitative estimate of drug-likeness (QED) is 0.585. The first-order valence-electron chi connectivity index (χ1n) is 3.75. The average molecular weight is 146 g/mol. The second-order valence-corrected chi connectivity index (χ2v) is 2.63. The van der Waals surface area contributed by atoms with E-state index in [1.807, 2.05) is 0 Å². The lowest BCUT2D eigenvalue weighted by Gasteiger charge is -2.15. The van der Waals surface area contributed by atoms with E-state index in [1.54, 1.807) is 0 Å². The molecule has 0 saturated carbocycles. The SMILES string of the molecule is OCC[C@H](O)[C@H]1CCCO1. The fourth-order valence-corrected chi connectivity index (χ4v) is 1.22. The molecular formula is C7H14O3. The summed E-state index contributed by atoms with van der Waals surface area (Å²) >= 11 is 0. The van der Waals surface area contributed by atoms with E-state index in [9.17, 15) is 5.11 Å². The fraction of sp³-hybridized carbons (Fsp3) is 1.00. The van der Waals surface area contributed by atoms with Crippen molar-refractivity contribution in [3.63, 3.8) is 0 Å². The molecule has 1 heterocycles. The van der Waals surface area contributed by atoms with Gasteiger partial charge in [-0.25, -0.2) is 0 Å². The number of rotatable bonds is 3. The van der Waals surface area contributed by atoms with Gasteiger partial charge in [-0.15, -0.1) is 0 Å². The molecule has 0 aliphatic carbocycles. The van der Waals surface area contributed by atoms with E-state index in [4.69, 9.17) is 9.84 Å². The van der Waals surface area contributed by atoms with Gasteiger partial charge < -0.3 is 14.9 Å². The predicted molar refractivity (Wildman–Crippen MR) is 36.7 cm³/mol. The van der Waals surface area contributed by atoms with Crippen molar-refractivity contribution < 1.29 is 14.9 Å². The first kappa shape index (κ1) is 7.98. The molecule has 0 aromatic rings. The molecule has 10 heavy (non-hydrogen) atoms. The molecule has 1 aliphatic heterocycles. The van der Waals surface area contributed by atoms with Crippen molar-refractivity contribution in [2.24, 2.45) is 0 Å². The molecule has 1 rings (SSSR count). The molecule has 0 radical (unpaired) electrons. The molecule has 3 nitrogen and oxygen atoms in total. The van der Waals surface area contributed by atoms with Crippen LogP contribution in [0, 0.1) is 0 Å². The lowest BCUT2D eigenvalue weighted by molar-refractivity contribution is -0.0122. The molecule has 0 aromatic heterocycles. The van der Waals surface area contributed by atoms with Crippen molar-refractivity contribution >= 4 is 0 Å². The van der Waals surface area contributed by atoms with Crippen LogP contribution >= 0.6 is 0 Å². The number of hydrogen-bond acceptors (Lipinski definition) is 3. The topological polar surface area (TPSA) is 49.7 Å². The third kappa shape index (κ3) is 1.94. The lowest BCUT2D eigenvalue weighted by Crippen LogP contribution is -2.25. The highest BCUT2D eigenvalue weighted by Gasteiger charge is 2.22. The molecule has 60 valence electrons. The van der Waals surface area contributed by atoms with E-state index in [0.717, 1.165) is 19.4 Å². The van der Waals surface area contributed by atoms with Gasteiger partial charge in [0.15, 0.2) is 0 Å². The molecule has 0 spiro atoms. The Bertz CT molecular complexity index is 88.9. The first-order chi connectivity index (χ1) is 4.84. The zero-order chi connectivity index (χ0) is 7.40. The van der Waals surface area contributed by atoms with Crippen LogP contribution < -0.4 is 0 Å². The van der Waals surface area contributed by atoms with Crippen molar-refractivity contribution in [2.75, 3.05) is 13.2 Å². The van der Waals surface area contributed by atoms with Crippen LogP contribution in [-0.2, 0) is 4.74 Å². The minimum Gasteiger partial charge on any atom is -0.396 e. The standard InChI is InChI=1S/C7H14O3/c8-4-3-6(9)7-2-1-5-10-7/h6-9H,1-5H2/t6-,7+/m0/s1. The highest BCUT2D eigenvalue weighted by atomic mass is 16.5. The van der Waals surface area contributed by atoms with Gasteiger partial charge in [0, 0.05) is 13.2 Å². The number of aliphatic hydroxyl groups is 2. The molecule has 1 aliphatic rings. The summed E-state index contributed by atoms with van der Waals surface area (Å²) in [6, 6.07) is 0. The summed E-state index contributed by atoms with van der Waals surface area (Å²) in [7, 11) is 0. The number of hydrogen-bond donors (Lipinski definition) is 2. The summed E-state index contributed by atoms with van der Waals surface area (Å²) < 4.78 is 5.21. The van der Waals surface area contributed by atoms with Crippen LogP contribution in [0.2, 0.25) is 0 Å². The summed E-state index contributed by atoms with van der Waals surface area (Å²) in [5, 5.41) is 17.7. The smallest absolute Gasteiger partial charge is 0.0835 e. The van der Waals surface area contributed by atoms with Crippen LogP contribution in [0.5, 0.6) is 0 Å². The van der Waals surface area contributed by atoms with Gasteiger partial charge in [0.1, 0.15) is 0 Å². The van der Waals surface area contributed by atoms with Crippen molar-refractivity contribution in [1.29, 1.82) is 0 Å². The lowest BCUT2D eigenvalue weighted by atomic mass is 10.1. The normalized spacial score (nSPS) is 28.8. The van der Waals surface area contributed by atoms with Crippen molar-refractivity contribution in [3.05, 3.63) is 0 Å². The summed E-state index contributed by atoms with van der Waals surface area (Å²) in [6.07, 6.45) is 1.92. The first-order valence-corrected chi connectivity index (χ1v) is 3.75. The average Bonchev–Trinajstić information content (AvgIpc) is 2.38. The zero-order valence-electron chi connectivity index (χ0n) is 5.99. The summed E-state index contributed by atoms with van der Waals surface area (Å²) in [5.74, 6) is 0. The Morgan fingerprint density at radius 2 is 2.40 bits per heavy atom. The minimum atomic E-state index is -0.465. The second-order valence-electron chi connectivity index (χ2n) is 2.63. The molecule has 1 fully saturated rings. The maximum atomic E-state index is 9.26. The van der Waals surface area contributed by atoms with Gasteiger partial charge in [-0.1, -0.05) is 0 Å². The van der Waals surface area contributed by atoms with Gasteiger partial charge in [-0.3, -0.25) is 0 Å². The van der Waals surface area contributed by atoms with E-state index >= 15 is 0 Å². The maximum absolute atomic E-state index is 9.26.